The molecule has 1 aromatic carbocycles. The van der Waals surface area contributed by atoms with Gasteiger partial charge in [0.1, 0.15) is 11.6 Å². The molecule has 6 nitrogen and oxygen atoms in total. The molecule has 1 fully saturated rings. The number of ether oxygens (including phenoxy) is 1. The molecule has 0 saturated carbocycles. The standard InChI is InChI=1S/C18H20FN3O3/c1-25-11-15-10-16(22-8-6-13(7-9-22)18(23)24)21-17(20-15)12-2-4-14(19)5-3-12/h2-5,10,13H,6-9,11H2,1H3,(H,23,24). The Morgan fingerprint density at radius 1 is 1.28 bits per heavy atom. The van der Waals surface area contributed by atoms with Crippen molar-refractivity contribution in [3.8, 4) is 11.4 Å². The third kappa shape index (κ3) is 4.11. The maximum absolute atomic E-state index is 13.2. The Balaban J connectivity index is 1.88. The number of benzene rings is 1. The number of hydrogen-bond donors (Lipinski definition) is 1. The first-order valence-electron chi connectivity index (χ1n) is 8.17. The summed E-state index contributed by atoms with van der Waals surface area (Å²) in [7, 11) is 1.59. The largest absolute Gasteiger partial charge is 0.481 e. The van der Waals surface area contributed by atoms with E-state index < -0.39 is 5.97 Å². The number of nitrogens with zero attached hydrogens (tertiary/aromatic N) is 3. The summed E-state index contributed by atoms with van der Waals surface area (Å²) in [5.41, 5.74) is 1.45. The first-order valence-corrected chi connectivity index (χ1v) is 8.17. The molecule has 132 valence electrons. The predicted molar refractivity (Wildman–Crippen MR) is 90.7 cm³/mol. The minimum absolute atomic E-state index is 0.298. The fourth-order valence-corrected chi connectivity index (χ4v) is 2.95. The van der Waals surface area contributed by atoms with Crippen LogP contribution in [-0.4, -0.2) is 41.2 Å². The van der Waals surface area contributed by atoms with Gasteiger partial charge >= 0.3 is 5.97 Å². The van der Waals surface area contributed by atoms with Crippen molar-refractivity contribution in [3.63, 3.8) is 0 Å². The minimum atomic E-state index is -0.741. The zero-order valence-electron chi connectivity index (χ0n) is 14.0. The van der Waals surface area contributed by atoms with Gasteiger partial charge in [-0.1, -0.05) is 0 Å². The van der Waals surface area contributed by atoms with Crippen LogP contribution in [0.4, 0.5) is 10.2 Å². The third-order valence-corrected chi connectivity index (χ3v) is 4.33. The summed E-state index contributed by atoms with van der Waals surface area (Å²) < 4.78 is 18.3. The average molecular weight is 345 g/mol. The van der Waals surface area contributed by atoms with Crippen LogP contribution in [0.25, 0.3) is 11.4 Å². The molecule has 0 unspecified atom stereocenters. The number of aromatic nitrogens is 2. The van der Waals surface area contributed by atoms with Gasteiger partial charge < -0.3 is 14.7 Å². The Kier molecular flexibility index (Phi) is 5.23. The Hall–Kier alpha value is -2.54. The van der Waals surface area contributed by atoms with Crippen LogP contribution in [0.3, 0.4) is 0 Å². The van der Waals surface area contributed by atoms with Gasteiger partial charge in [-0.3, -0.25) is 4.79 Å². The van der Waals surface area contributed by atoms with Crippen molar-refractivity contribution in [2.24, 2.45) is 5.92 Å². The van der Waals surface area contributed by atoms with E-state index in [-0.39, 0.29) is 11.7 Å². The Morgan fingerprint density at radius 3 is 2.56 bits per heavy atom. The Bertz CT molecular complexity index is 744. The van der Waals surface area contributed by atoms with E-state index in [9.17, 15) is 9.18 Å². The van der Waals surface area contributed by atoms with Crippen molar-refractivity contribution in [1.82, 2.24) is 9.97 Å². The summed E-state index contributed by atoms with van der Waals surface area (Å²) in [6, 6.07) is 7.89. The van der Waals surface area contributed by atoms with Crippen LogP contribution in [0.2, 0.25) is 0 Å². The van der Waals surface area contributed by atoms with Crippen LogP contribution in [0, 0.1) is 11.7 Å². The van der Waals surface area contributed by atoms with Crippen molar-refractivity contribution in [3.05, 3.63) is 41.8 Å². The first kappa shape index (κ1) is 17.3. The second-order valence-corrected chi connectivity index (χ2v) is 6.08. The number of methoxy groups -OCH3 is 1. The number of piperidine rings is 1. The SMILES string of the molecule is COCc1cc(N2CCC(C(=O)O)CC2)nc(-c2ccc(F)cc2)n1. The molecule has 1 aliphatic rings. The highest BCUT2D eigenvalue weighted by Gasteiger charge is 2.25. The number of halogens is 1. The van der Waals surface area contributed by atoms with Crippen molar-refractivity contribution < 1.29 is 19.0 Å². The monoisotopic (exact) mass is 345 g/mol. The van der Waals surface area contributed by atoms with Gasteiger partial charge in [-0.15, -0.1) is 0 Å². The molecule has 0 aliphatic carbocycles. The van der Waals surface area contributed by atoms with E-state index in [1.54, 1.807) is 19.2 Å². The summed E-state index contributed by atoms with van der Waals surface area (Å²) in [5.74, 6) is -0.106. The lowest BCUT2D eigenvalue weighted by Gasteiger charge is -2.31. The number of anilines is 1. The molecule has 1 aromatic heterocycles. The minimum Gasteiger partial charge on any atom is -0.481 e. The summed E-state index contributed by atoms with van der Waals surface area (Å²) >= 11 is 0. The highest BCUT2D eigenvalue weighted by molar-refractivity contribution is 5.70. The van der Waals surface area contributed by atoms with Crippen LogP contribution in [0.5, 0.6) is 0 Å². The molecule has 0 spiro atoms. The first-order chi connectivity index (χ1) is 12.1. The molecule has 1 N–H and O–H groups in total. The van der Waals surface area contributed by atoms with Crippen molar-refractivity contribution >= 4 is 11.8 Å². The number of carboxylic acid groups (broad SMARTS) is 1. The maximum Gasteiger partial charge on any atom is 0.306 e. The van der Waals surface area contributed by atoms with Gasteiger partial charge in [-0.25, -0.2) is 14.4 Å². The highest BCUT2D eigenvalue weighted by atomic mass is 19.1. The van der Waals surface area contributed by atoms with Crippen molar-refractivity contribution in [2.75, 3.05) is 25.1 Å². The van der Waals surface area contributed by atoms with E-state index >= 15 is 0 Å². The van der Waals surface area contributed by atoms with Crippen LogP contribution in [-0.2, 0) is 16.1 Å². The quantitative estimate of drug-likeness (QED) is 0.898. The normalized spacial score (nSPS) is 15.4. The molecule has 2 heterocycles. The van der Waals surface area contributed by atoms with Crippen LogP contribution in [0.1, 0.15) is 18.5 Å². The van der Waals surface area contributed by atoms with Gasteiger partial charge in [-0.05, 0) is 37.1 Å². The molecule has 25 heavy (non-hydrogen) atoms. The number of carbonyl (C=O) groups is 1. The molecular weight excluding hydrogens is 325 g/mol. The molecule has 1 aliphatic heterocycles. The summed E-state index contributed by atoms with van der Waals surface area (Å²) in [6.07, 6.45) is 1.18. The average Bonchev–Trinajstić information content (AvgIpc) is 2.62. The molecule has 3 rings (SSSR count). The zero-order valence-corrected chi connectivity index (χ0v) is 14.0. The van der Waals surface area contributed by atoms with Gasteiger partial charge in [0.25, 0.3) is 0 Å². The van der Waals surface area contributed by atoms with E-state index in [1.807, 2.05) is 6.07 Å². The summed E-state index contributed by atoms with van der Waals surface area (Å²) in [4.78, 5) is 22.3. The van der Waals surface area contributed by atoms with Crippen LogP contribution >= 0.6 is 0 Å². The van der Waals surface area contributed by atoms with E-state index in [1.165, 1.54) is 12.1 Å². The van der Waals surface area contributed by atoms with Crippen LogP contribution < -0.4 is 4.90 Å². The fraction of sp³-hybridized carbons (Fsp3) is 0.389. The molecule has 0 bridgehead atoms. The molecule has 0 amide bonds. The van der Waals surface area contributed by atoms with Gasteiger partial charge in [-0.2, -0.15) is 0 Å². The van der Waals surface area contributed by atoms with Crippen molar-refractivity contribution in [2.45, 2.75) is 19.4 Å². The number of rotatable bonds is 5. The molecule has 0 radical (unpaired) electrons. The van der Waals surface area contributed by atoms with Gasteiger partial charge in [0.15, 0.2) is 5.82 Å². The van der Waals surface area contributed by atoms with E-state index in [2.05, 4.69) is 14.9 Å². The summed E-state index contributed by atoms with van der Waals surface area (Å²) in [5, 5.41) is 9.13. The Morgan fingerprint density at radius 2 is 1.96 bits per heavy atom. The lowest BCUT2D eigenvalue weighted by atomic mass is 9.97. The van der Waals surface area contributed by atoms with E-state index in [0.29, 0.717) is 38.4 Å². The lowest BCUT2D eigenvalue weighted by molar-refractivity contribution is -0.142. The van der Waals surface area contributed by atoms with Crippen molar-refractivity contribution in [1.29, 1.82) is 0 Å². The lowest BCUT2D eigenvalue weighted by Crippen LogP contribution is -2.37. The third-order valence-electron chi connectivity index (χ3n) is 4.33. The van der Waals surface area contributed by atoms with E-state index in [4.69, 9.17) is 9.84 Å². The molecule has 2 aromatic rings. The van der Waals surface area contributed by atoms with Gasteiger partial charge in [0.2, 0.25) is 0 Å². The van der Waals surface area contributed by atoms with Gasteiger partial charge in [0, 0.05) is 31.8 Å². The number of aliphatic carboxylic acids is 1. The summed E-state index contributed by atoms with van der Waals surface area (Å²) in [6.45, 7) is 1.60. The predicted octanol–water partition coefficient (Wildman–Crippen LogP) is 2.73. The molecule has 7 heteroatoms. The topological polar surface area (TPSA) is 75.5 Å². The fourth-order valence-electron chi connectivity index (χ4n) is 2.95. The molecule has 1 saturated heterocycles. The zero-order chi connectivity index (χ0) is 17.8. The van der Waals surface area contributed by atoms with Crippen LogP contribution in [0.15, 0.2) is 30.3 Å². The highest BCUT2D eigenvalue weighted by Crippen LogP contribution is 2.25. The Labute approximate surface area is 145 Å². The smallest absolute Gasteiger partial charge is 0.306 e. The maximum atomic E-state index is 13.2. The second kappa shape index (κ2) is 7.57. The number of carboxylic acids is 1. The van der Waals surface area contributed by atoms with E-state index in [0.717, 1.165) is 17.1 Å². The second-order valence-electron chi connectivity index (χ2n) is 6.08. The number of hydrogen-bond acceptors (Lipinski definition) is 5. The van der Waals surface area contributed by atoms with Gasteiger partial charge in [0.05, 0.1) is 18.2 Å². The molecular formula is C18H20FN3O3. The molecule has 0 atom stereocenters.